The van der Waals surface area contributed by atoms with Gasteiger partial charge in [-0.1, -0.05) is 0 Å². The van der Waals surface area contributed by atoms with Crippen LogP contribution in [0.25, 0.3) is 32.7 Å². The van der Waals surface area contributed by atoms with Gasteiger partial charge in [0.05, 0.1) is 11.0 Å². The SMILES string of the molecule is CCNC(=O)Nc1cc(-c2nc(C(F)(F)F)cs2)c(-c2cc3ncccc3nc2N2CCN(C)CC2)cn1. The fourth-order valence-corrected chi connectivity index (χ4v) is 5.07. The number of halogens is 3. The smallest absolute Gasteiger partial charge is 0.354 e. The maximum absolute atomic E-state index is 13.4. The molecule has 5 heterocycles. The number of fused-ring (bicyclic) bond motifs is 1. The molecule has 4 aromatic heterocycles. The second-order valence-electron chi connectivity index (χ2n) is 8.83. The van der Waals surface area contributed by atoms with Crippen molar-refractivity contribution in [2.75, 3.05) is 50.0 Å². The van der Waals surface area contributed by atoms with Crippen LogP contribution in [0.3, 0.4) is 0 Å². The maximum atomic E-state index is 13.4. The molecule has 4 aromatic rings. The van der Waals surface area contributed by atoms with Crippen molar-refractivity contribution in [3.05, 3.63) is 47.7 Å². The molecule has 198 valence electrons. The number of urea groups is 1. The molecule has 2 N–H and O–H groups in total. The van der Waals surface area contributed by atoms with Crippen LogP contribution in [0, 0.1) is 0 Å². The summed E-state index contributed by atoms with van der Waals surface area (Å²) in [6, 6.07) is 6.64. The van der Waals surface area contributed by atoms with E-state index in [1.165, 1.54) is 6.20 Å². The van der Waals surface area contributed by atoms with Crippen molar-refractivity contribution in [1.29, 1.82) is 0 Å². The molecule has 0 bridgehead atoms. The summed E-state index contributed by atoms with van der Waals surface area (Å²) in [7, 11) is 2.05. The summed E-state index contributed by atoms with van der Waals surface area (Å²) < 4.78 is 40.3. The summed E-state index contributed by atoms with van der Waals surface area (Å²) in [6.45, 7) is 5.33. The minimum absolute atomic E-state index is 0.152. The van der Waals surface area contributed by atoms with Gasteiger partial charge in [-0.3, -0.25) is 10.3 Å². The number of nitrogens with one attached hydrogen (secondary N) is 2. The molecule has 1 fully saturated rings. The molecule has 0 radical (unpaired) electrons. The predicted octanol–water partition coefficient (Wildman–Crippen LogP) is 4.73. The Bertz CT molecular complexity index is 1470. The normalized spacial score (nSPS) is 14.6. The van der Waals surface area contributed by atoms with E-state index in [1.807, 2.05) is 18.2 Å². The summed E-state index contributed by atoms with van der Waals surface area (Å²) >= 11 is 0.878. The summed E-state index contributed by atoms with van der Waals surface area (Å²) in [5.41, 5.74) is 2.00. The number of hydrogen-bond donors (Lipinski definition) is 2. The predicted molar refractivity (Wildman–Crippen MR) is 141 cm³/mol. The third-order valence-corrected chi connectivity index (χ3v) is 7.04. The van der Waals surface area contributed by atoms with Crippen molar-refractivity contribution in [2.45, 2.75) is 13.1 Å². The van der Waals surface area contributed by atoms with Gasteiger partial charge in [-0.2, -0.15) is 13.2 Å². The lowest BCUT2D eigenvalue weighted by molar-refractivity contribution is -0.140. The topological polar surface area (TPSA) is 99.2 Å². The first-order valence-corrected chi connectivity index (χ1v) is 12.9. The summed E-state index contributed by atoms with van der Waals surface area (Å²) in [4.78, 5) is 34.2. The Labute approximate surface area is 220 Å². The van der Waals surface area contributed by atoms with E-state index in [2.05, 4.69) is 42.4 Å². The van der Waals surface area contributed by atoms with Gasteiger partial charge < -0.3 is 15.1 Å². The molecule has 2 amide bonds. The number of piperazine rings is 1. The number of aromatic nitrogens is 4. The number of alkyl halides is 3. The average Bonchev–Trinajstić information content (AvgIpc) is 3.40. The Balaban J connectivity index is 1.69. The lowest BCUT2D eigenvalue weighted by Crippen LogP contribution is -2.45. The number of carbonyl (C=O) groups excluding carboxylic acids is 1. The molecule has 0 atom stereocenters. The zero-order chi connectivity index (χ0) is 26.9. The van der Waals surface area contributed by atoms with E-state index in [4.69, 9.17) is 4.98 Å². The van der Waals surface area contributed by atoms with E-state index in [1.54, 1.807) is 19.2 Å². The fraction of sp³-hybridized carbons (Fsp3) is 0.320. The Morgan fingerprint density at radius 1 is 1.05 bits per heavy atom. The summed E-state index contributed by atoms with van der Waals surface area (Å²) in [6.07, 6.45) is -1.38. The third kappa shape index (κ3) is 5.38. The van der Waals surface area contributed by atoms with Crippen LogP contribution in [-0.2, 0) is 6.18 Å². The molecule has 0 spiro atoms. The fourth-order valence-electron chi connectivity index (χ4n) is 4.21. The Morgan fingerprint density at radius 3 is 2.55 bits per heavy atom. The number of nitrogens with zero attached hydrogens (tertiary/aromatic N) is 6. The van der Waals surface area contributed by atoms with E-state index in [0.29, 0.717) is 40.1 Å². The van der Waals surface area contributed by atoms with Gasteiger partial charge in [0, 0.05) is 67.2 Å². The number of rotatable bonds is 5. The second-order valence-corrected chi connectivity index (χ2v) is 9.68. The Hall–Kier alpha value is -3.84. The van der Waals surface area contributed by atoms with Crippen molar-refractivity contribution < 1.29 is 18.0 Å². The first-order valence-electron chi connectivity index (χ1n) is 12.0. The van der Waals surface area contributed by atoms with Gasteiger partial charge in [0.15, 0.2) is 5.69 Å². The van der Waals surface area contributed by atoms with Gasteiger partial charge in [-0.05, 0) is 38.2 Å². The summed E-state index contributed by atoms with van der Waals surface area (Å²) in [5, 5.41) is 6.39. The molecule has 1 saturated heterocycles. The largest absolute Gasteiger partial charge is 0.434 e. The zero-order valence-corrected chi connectivity index (χ0v) is 21.5. The monoisotopic (exact) mass is 542 g/mol. The van der Waals surface area contributed by atoms with Crippen LogP contribution in [0.4, 0.5) is 29.6 Å². The number of thiazole rings is 1. The lowest BCUT2D eigenvalue weighted by Gasteiger charge is -2.34. The second kappa shape index (κ2) is 10.5. The molecular weight excluding hydrogens is 517 g/mol. The molecule has 1 aliphatic heterocycles. The van der Waals surface area contributed by atoms with E-state index < -0.39 is 17.9 Å². The molecule has 38 heavy (non-hydrogen) atoms. The Kier molecular flexibility index (Phi) is 7.13. The number of pyridine rings is 3. The van der Waals surface area contributed by atoms with Crippen molar-refractivity contribution >= 4 is 40.0 Å². The molecule has 5 rings (SSSR count). The van der Waals surface area contributed by atoms with Crippen LogP contribution in [0.1, 0.15) is 12.6 Å². The van der Waals surface area contributed by atoms with Crippen LogP contribution >= 0.6 is 11.3 Å². The zero-order valence-electron chi connectivity index (χ0n) is 20.7. The van der Waals surface area contributed by atoms with Gasteiger partial charge in [-0.25, -0.2) is 19.7 Å². The highest BCUT2D eigenvalue weighted by Crippen LogP contribution is 2.41. The standard InChI is InChI=1S/C25H25F3N8OS/c1-3-29-24(37)34-21-12-16(23-33-20(14-38-23)25(26,27)28)17(13-31-21)15-11-19-18(5-4-6-30-19)32-22(15)36-9-7-35(2)8-10-36/h4-6,11-14H,3,7-10H2,1-2H3,(H2,29,31,34,37). The van der Waals surface area contributed by atoms with Crippen LogP contribution in [0.5, 0.6) is 0 Å². The van der Waals surface area contributed by atoms with Gasteiger partial charge >= 0.3 is 12.2 Å². The molecule has 0 aromatic carbocycles. The lowest BCUT2D eigenvalue weighted by atomic mass is 10.0. The van der Waals surface area contributed by atoms with E-state index in [-0.39, 0.29) is 10.8 Å². The van der Waals surface area contributed by atoms with Crippen LogP contribution in [-0.4, -0.2) is 70.6 Å². The first kappa shape index (κ1) is 25.8. The quantitative estimate of drug-likeness (QED) is 0.376. The van der Waals surface area contributed by atoms with Crippen LogP contribution < -0.4 is 15.5 Å². The molecule has 0 unspecified atom stereocenters. The minimum Gasteiger partial charge on any atom is -0.354 e. The highest BCUT2D eigenvalue weighted by molar-refractivity contribution is 7.13. The van der Waals surface area contributed by atoms with Crippen LogP contribution in [0.15, 0.2) is 42.0 Å². The van der Waals surface area contributed by atoms with Gasteiger partial charge in [0.2, 0.25) is 0 Å². The van der Waals surface area contributed by atoms with Crippen molar-refractivity contribution in [2.24, 2.45) is 0 Å². The molecule has 13 heteroatoms. The van der Waals surface area contributed by atoms with E-state index in [9.17, 15) is 18.0 Å². The summed E-state index contributed by atoms with van der Waals surface area (Å²) in [5.74, 6) is 0.880. The molecule has 9 nitrogen and oxygen atoms in total. The van der Waals surface area contributed by atoms with Crippen molar-refractivity contribution in [1.82, 2.24) is 30.2 Å². The highest BCUT2D eigenvalue weighted by Gasteiger charge is 2.34. The number of carbonyl (C=O) groups is 1. The van der Waals surface area contributed by atoms with E-state index >= 15 is 0 Å². The molecule has 0 aliphatic carbocycles. The van der Waals surface area contributed by atoms with Gasteiger partial charge in [-0.15, -0.1) is 11.3 Å². The number of amides is 2. The van der Waals surface area contributed by atoms with Crippen LogP contribution in [0.2, 0.25) is 0 Å². The minimum atomic E-state index is -4.58. The van der Waals surface area contributed by atoms with E-state index in [0.717, 1.165) is 42.9 Å². The maximum Gasteiger partial charge on any atom is 0.434 e. The molecule has 0 saturated carbocycles. The Morgan fingerprint density at radius 2 is 1.84 bits per heavy atom. The number of hydrogen-bond acceptors (Lipinski definition) is 8. The van der Waals surface area contributed by atoms with Gasteiger partial charge in [0.25, 0.3) is 0 Å². The number of anilines is 2. The van der Waals surface area contributed by atoms with Crippen molar-refractivity contribution in [3.8, 4) is 21.7 Å². The van der Waals surface area contributed by atoms with Crippen molar-refractivity contribution in [3.63, 3.8) is 0 Å². The average molecular weight is 543 g/mol. The molecular formula is C25H25F3N8OS. The third-order valence-electron chi connectivity index (χ3n) is 6.17. The first-order chi connectivity index (χ1) is 18.2. The van der Waals surface area contributed by atoms with Gasteiger partial charge in [0.1, 0.15) is 16.6 Å². The highest BCUT2D eigenvalue weighted by atomic mass is 32.1. The number of likely N-dealkylation sites (N-methyl/N-ethyl adjacent to an activating group) is 1. The molecule has 1 aliphatic rings.